The van der Waals surface area contributed by atoms with E-state index in [9.17, 15) is 0 Å². The Bertz CT molecular complexity index is 384. The van der Waals surface area contributed by atoms with Crippen LogP contribution < -0.4 is 11.3 Å². The van der Waals surface area contributed by atoms with Gasteiger partial charge in [0.25, 0.3) is 0 Å². The van der Waals surface area contributed by atoms with Gasteiger partial charge in [0.2, 0.25) is 0 Å². The molecule has 1 aromatic rings. The molecular weight excluding hydrogens is 236 g/mol. The summed E-state index contributed by atoms with van der Waals surface area (Å²) in [5.41, 5.74) is 6.58. The maximum absolute atomic E-state index is 5.80. The molecule has 2 atom stereocenters. The Morgan fingerprint density at radius 3 is 2.42 bits per heavy atom. The molecule has 0 fully saturated rings. The van der Waals surface area contributed by atoms with Crippen molar-refractivity contribution in [2.45, 2.75) is 65.8 Å². The van der Waals surface area contributed by atoms with Crippen molar-refractivity contribution in [1.82, 2.24) is 15.2 Å². The Labute approximate surface area is 117 Å². The van der Waals surface area contributed by atoms with Gasteiger partial charge in [0, 0.05) is 24.3 Å². The molecule has 110 valence electrons. The van der Waals surface area contributed by atoms with E-state index in [-0.39, 0.29) is 6.04 Å². The van der Waals surface area contributed by atoms with Crippen LogP contribution in [-0.4, -0.2) is 9.78 Å². The average molecular weight is 266 g/mol. The third kappa shape index (κ3) is 4.05. The van der Waals surface area contributed by atoms with Gasteiger partial charge in [0.15, 0.2) is 0 Å². The van der Waals surface area contributed by atoms with Crippen LogP contribution in [0.15, 0.2) is 0 Å². The first-order valence-corrected chi connectivity index (χ1v) is 7.51. The van der Waals surface area contributed by atoms with Crippen LogP contribution in [0.2, 0.25) is 0 Å². The van der Waals surface area contributed by atoms with Gasteiger partial charge in [0.1, 0.15) is 0 Å². The van der Waals surface area contributed by atoms with Gasteiger partial charge >= 0.3 is 0 Å². The van der Waals surface area contributed by atoms with Crippen LogP contribution in [0, 0.1) is 19.8 Å². The Kier molecular flexibility index (Phi) is 6.52. The highest BCUT2D eigenvalue weighted by Crippen LogP contribution is 2.29. The predicted molar refractivity (Wildman–Crippen MR) is 80.7 cm³/mol. The van der Waals surface area contributed by atoms with Crippen LogP contribution in [-0.2, 0) is 7.05 Å². The number of hydrazine groups is 1. The van der Waals surface area contributed by atoms with Crippen LogP contribution in [0.3, 0.4) is 0 Å². The molecule has 0 spiro atoms. The minimum Gasteiger partial charge on any atom is -0.272 e. The summed E-state index contributed by atoms with van der Waals surface area (Å²) >= 11 is 0. The van der Waals surface area contributed by atoms with E-state index < -0.39 is 0 Å². The zero-order valence-electron chi connectivity index (χ0n) is 13.2. The highest BCUT2D eigenvalue weighted by atomic mass is 15.3. The molecule has 3 N–H and O–H groups in total. The fraction of sp³-hybridized carbons (Fsp3) is 0.800. The minimum absolute atomic E-state index is 0.218. The third-order valence-electron chi connectivity index (χ3n) is 4.23. The van der Waals surface area contributed by atoms with Gasteiger partial charge in [-0.25, -0.2) is 0 Å². The molecular formula is C15H30N4. The van der Waals surface area contributed by atoms with Crippen molar-refractivity contribution in [2.24, 2.45) is 18.8 Å². The molecule has 0 saturated carbocycles. The van der Waals surface area contributed by atoms with E-state index in [2.05, 4.69) is 38.2 Å². The number of unbranched alkanes of at least 4 members (excludes halogenated alkanes) is 1. The average Bonchev–Trinajstić information content (AvgIpc) is 2.65. The maximum atomic E-state index is 5.80. The molecule has 0 bridgehead atoms. The quantitative estimate of drug-likeness (QED) is 0.561. The van der Waals surface area contributed by atoms with Crippen molar-refractivity contribution in [2.75, 3.05) is 0 Å². The minimum atomic E-state index is 0.218. The zero-order chi connectivity index (χ0) is 14.4. The van der Waals surface area contributed by atoms with E-state index in [0.717, 1.165) is 18.0 Å². The summed E-state index contributed by atoms with van der Waals surface area (Å²) in [7, 11) is 1.99. The SMILES string of the molecule is CCCCC(CC)CC(NN)c1c(C)nn(C)c1C. The Hall–Kier alpha value is -0.870. The van der Waals surface area contributed by atoms with Crippen molar-refractivity contribution in [3.8, 4) is 0 Å². The fourth-order valence-corrected chi connectivity index (χ4v) is 2.88. The van der Waals surface area contributed by atoms with E-state index in [1.54, 1.807) is 0 Å². The molecule has 1 heterocycles. The van der Waals surface area contributed by atoms with Gasteiger partial charge in [-0.3, -0.25) is 16.0 Å². The first kappa shape index (κ1) is 16.2. The highest BCUT2D eigenvalue weighted by molar-refractivity contribution is 5.28. The molecule has 1 aromatic heterocycles. The molecule has 0 aromatic carbocycles. The smallest absolute Gasteiger partial charge is 0.0644 e. The molecule has 0 radical (unpaired) electrons. The van der Waals surface area contributed by atoms with Gasteiger partial charge in [-0.15, -0.1) is 0 Å². The maximum Gasteiger partial charge on any atom is 0.0644 e. The van der Waals surface area contributed by atoms with Gasteiger partial charge in [-0.1, -0.05) is 39.5 Å². The highest BCUT2D eigenvalue weighted by Gasteiger charge is 2.22. The van der Waals surface area contributed by atoms with Gasteiger partial charge in [0.05, 0.1) is 5.69 Å². The fourth-order valence-electron chi connectivity index (χ4n) is 2.88. The summed E-state index contributed by atoms with van der Waals surface area (Å²) in [5.74, 6) is 6.53. The van der Waals surface area contributed by atoms with Crippen molar-refractivity contribution in [3.63, 3.8) is 0 Å². The van der Waals surface area contributed by atoms with Crippen LogP contribution in [0.25, 0.3) is 0 Å². The largest absolute Gasteiger partial charge is 0.272 e. The van der Waals surface area contributed by atoms with Crippen molar-refractivity contribution < 1.29 is 0 Å². The zero-order valence-corrected chi connectivity index (χ0v) is 13.2. The lowest BCUT2D eigenvalue weighted by Gasteiger charge is -2.23. The monoisotopic (exact) mass is 266 g/mol. The molecule has 1 rings (SSSR count). The van der Waals surface area contributed by atoms with E-state index in [4.69, 9.17) is 5.84 Å². The van der Waals surface area contributed by atoms with E-state index in [0.29, 0.717) is 0 Å². The summed E-state index contributed by atoms with van der Waals surface area (Å²) in [6.45, 7) is 8.71. The number of aryl methyl sites for hydroxylation is 2. The summed E-state index contributed by atoms with van der Waals surface area (Å²) in [6.07, 6.45) is 6.18. The van der Waals surface area contributed by atoms with Crippen LogP contribution in [0.4, 0.5) is 0 Å². The second-order valence-electron chi connectivity index (χ2n) is 5.58. The second-order valence-corrected chi connectivity index (χ2v) is 5.58. The summed E-state index contributed by atoms with van der Waals surface area (Å²) < 4.78 is 1.95. The summed E-state index contributed by atoms with van der Waals surface area (Å²) in [6, 6.07) is 0.218. The molecule has 0 amide bonds. The molecule has 4 nitrogen and oxygen atoms in total. The number of hydrogen-bond donors (Lipinski definition) is 2. The lowest BCUT2D eigenvalue weighted by atomic mass is 9.89. The van der Waals surface area contributed by atoms with E-state index in [1.165, 1.54) is 36.9 Å². The van der Waals surface area contributed by atoms with Crippen LogP contribution in [0.5, 0.6) is 0 Å². The number of nitrogens with zero attached hydrogens (tertiary/aromatic N) is 2. The molecule has 0 aliphatic carbocycles. The first-order chi connectivity index (χ1) is 9.04. The van der Waals surface area contributed by atoms with Crippen molar-refractivity contribution in [3.05, 3.63) is 17.0 Å². The summed E-state index contributed by atoms with van der Waals surface area (Å²) in [5, 5.41) is 4.50. The van der Waals surface area contributed by atoms with Gasteiger partial charge < -0.3 is 0 Å². The number of rotatable bonds is 8. The van der Waals surface area contributed by atoms with Crippen LogP contribution >= 0.6 is 0 Å². The normalized spacial score (nSPS) is 14.6. The van der Waals surface area contributed by atoms with Gasteiger partial charge in [-0.05, 0) is 26.2 Å². The third-order valence-corrected chi connectivity index (χ3v) is 4.23. The Morgan fingerprint density at radius 2 is 2.00 bits per heavy atom. The number of nitrogens with two attached hydrogens (primary N) is 1. The molecule has 19 heavy (non-hydrogen) atoms. The van der Waals surface area contributed by atoms with Gasteiger partial charge in [-0.2, -0.15) is 5.10 Å². The van der Waals surface area contributed by atoms with Crippen LogP contribution in [0.1, 0.15) is 68.9 Å². The topological polar surface area (TPSA) is 55.9 Å². The molecule has 0 saturated heterocycles. The molecule has 4 heteroatoms. The molecule has 0 aliphatic heterocycles. The lowest BCUT2D eigenvalue weighted by molar-refractivity contribution is 0.355. The second kappa shape index (κ2) is 7.65. The summed E-state index contributed by atoms with van der Waals surface area (Å²) in [4.78, 5) is 0. The lowest BCUT2D eigenvalue weighted by Crippen LogP contribution is -2.30. The Balaban J connectivity index is 2.82. The first-order valence-electron chi connectivity index (χ1n) is 7.51. The van der Waals surface area contributed by atoms with Crippen molar-refractivity contribution in [1.29, 1.82) is 0 Å². The number of nitrogens with one attached hydrogen (secondary N) is 1. The van der Waals surface area contributed by atoms with E-state index >= 15 is 0 Å². The molecule has 0 aliphatic rings. The van der Waals surface area contributed by atoms with Crippen molar-refractivity contribution >= 4 is 0 Å². The number of aromatic nitrogens is 2. The number of hydrogen-bond acceptors (Lipinski definition) is 3. The molecule has 2 unspecified atom stereocenters. The standard InChI is InChI=1S/C15H30N4/c1-6-8-9-13(7-2)10-14(17-16)15-11(3)18-19(5)12(15)4/h13-14,17H,6-10,16H2,1-5H3. The predicted octanol–water partition coefficient (Wildman–Crippen LogP) is 3.15. The Morgan fingerprint density at radius 1 is 1.32 bits per heavy atom. The van der Waals surface area contributed by atoms with E-state index in [1.807, 2.05) is 11.7 Å².